The highest BCUT2D eigenvalue weighted by atomic mass is 16.5. The molecule has 1 aliphatic heterocycles. The van der Waals surface area contributed by atoms with Crippen LogP contribution in [-0.2, 0) is 6.54 Å². The summed E-state index contributed by atoms with van der Waals surface area (Å²) in [5.41, 5.74) is 1.33. The number of likely N-dealkylation sites (tertiary alicyclic amines) is 1. The first kappa shape index (κ1) is 17.3. The standard InChI is InChI=1S/C19H32N2O/c1-4-20-12-17-8-7-11-21(13-17)14-18-9-5-6-10-19(18)22-15-16(2)3/h5-6,9-10,16-17,20H,4,7-8,11-15H2,1-3H3. The van der Waals surface area contributed by atoms with Gasteiger partial charge in [-0.05, 0) is 50.4 Å². The van der Waals surface area contributed by atoms with Gasteiger partial charge in [-0.25, -0.2) is 0 Å². The molecule has 1 heterocycles. The fraction of sp³-hybridized carbons (Fsp3) is 0.684. The van der Waals surface area contributed by atoms with Crippen molar-refractivity contribution in [2.75, 3.05) is 32.8 Å². The Morgan fingerprint density at radius 2 is 2.14 bits per heavy atom. The third-order valence-electron chi connectivity index (χ3n) is 4.22. The number of nitrogens with zero attached hydrogens (tertiary/aromatic N) is 1. The molecule has 3 heteroatoms. The van der Waals surface area contributed by atoms with Crippen LogP contribution in [-0.4, -0.2) is 37.7 Å². The normalized spacial score (nSPS) is 19.5. The number of para-hydroxylation sites is 1. The zero-order valence-electron chi connectivity index (χ0n) is 14.5. The second-order valence-electron chi connectivity index (χ2n) is 6.86. The number of piperidine rings is 1. The second-order valence-corrected chi connectivity index (χ2v) is 6.86. The summed E-state index contributed by atoms with van der Waals surface area (Å²) in [5, 5.41) is 3.50. The van der Waals surface area contributed by atoms with Crippen LogP contribution in [0.3, 0.4) is 0 Å². The van der Waals surface area contributed by atoms with Crippen molar-refractivity contribution in [3.8, 4) is 5.75 Å². The lowest BCUT2D eigenvalue weighted by Crippen LogP contribution is -2.39. The predicted molar refractivity (Wildman–Crippen MR) is 93.3 cm³/mol. The van der Waals surface area contributed by atoms with Crippen LogP contribution in [0.25, 0.3) is 0 Å². The Morgan fingerprint density at radius 3 is 2.91 bits per heavy atom. The minimum Gasteiger partial charge on any atom is -0.493 e. The number of hydrogen-bond donors (Lipinski definition) is 1. The average molecular weight is 304 g/mol. The third-order valence-corrected chi connectivity index (χ3v) is 4.22. The van der Waals surface area contributed by atoms with E-state index in [1.54, 1.807) is 0 Å². The molecule has 0 saturated carbocycles. The summed E-state index contributed by atoms with van der Waals surface area (Å²) in [6, 6.07) is 8.52. The van der Waals surface area contributed by atoms with Crippen molar-refractivity contribution in [3.05, 3.63) is 29.8 Å². The molecule has 1 N–H and O–H groups in total. The molecule has 1 atom stereocenters. The summed E-state index contributed by atoms with van der Waals surface area (Å²) in [5.74, 6) is 2.41. The van der Waals surface area contributed by atoms with Crippen LogP contribution in [0.5, 0.6) is 5.75 Å². The molecule has 22 heavy (non-hydrogen) atoms. The van der Waals surface area contributed by atoms with Crippen LogP contribution in [0.1, 0.15) is 39.2 Å². The molecular weight excluding hydrogens is 272 g/mol. The molecule has 124 valence electrons. The van der Waals surface area contributed by atoms with Crippen molar-refractivity contribution >= 4 is 0 Å². The maximum Gasteiger partial charge on any atom is 0.123 e. The molecule has 0 amide bonds. The molecule has 0 spiro atoms. The van der Waals surface area contributed by atoms with Gasteiger partial charge < -0.3 is 10.1 Å². The van der Waals surface area contributed by atoms with E-state index in [0.717, 1.165) is 37.9 Å². The van der Waals surface area contributed by atoms with Gasteiger partial charge in [-0.2, -0.15) is 0 Å². The maximum absolute atomic E-state index is 5.99. The Bertz CT molecular complexity index is 433. The molecule has 1 aromatic rings. The summed E-state index contributed by atoms with van der Waals surface area (Å²) in [6.07, 6.45) is 2.67. The van der Waals surface area contributed by atoms with Gasteiger partial charge in [0.2, 0.25) is 0 Å². The van der Waals surface area contributed by atoms with Crippen molar-refractivity contribution in [1.82, 2.24) is 10.2 Å². The molecule has 0 radical (unpaired) electrons. The first-order chi connectivity index (χ1) is 10.7. The summed E-state index contributed by atoms with van der Waals surface area (Å²) in [7, 11) is 0. The van der Waals surface area contributed by atoms with Crippen LogP contribution < -0.4 is 10.1 Å². The molecular formula is C19H32N2O. The number of benzene rings is 1. The average Bonchev–Trinajstić information content (AvgIpc) is 2.52. The fourth-order valence-electron chi connectivity index (χ4n) is 3.08. The summed E-state index contributed by atoms with van der Waals surface area (Å²) >= 11 is 0. The monoisotopic (exact) mass is 304 g/mol. The zero-order valence-corrected chi connectivity index (χ0v) is 14.5. The van der Waals surface area contributed by atoms with E-state index >= 15 is 0 Å². The van der Waals surface area contributed by atoms with Crippen molar-refractivity contribution in [2.45, 2.75) is 40.2 Å². The van der Waals surface area contributed by atoms with Gasteiger partial charge in [0.1, 0.15) is 5.75 Å². The summed E-state index contributed by atoms with van der Waals surface area (Å²) < 4.78 is 5.99. The molecule has 2 rings (SSSR count). The molecule has 0 aliphatic carbocycles. The molecule has 1 unspecified atom stereocenters. The Labute approximate surface area is 136 Å². The smallest absolute Gasteiger partial charge is 0.123 e. The van der Waals surface area contributed by atoms with Crippen LogP contribution >= 0.6 is 0 Å². The molecule has 1 fully saturated rings. The van der Waals surface area contributed by atoms with Crippen molar-refractivity contribution in [2.24, 2.45) is 11.8 Å². The van der Waals surface area contributed by atoms with E-state index in [0.29, 0.717) is 5.92 Å². The molecule has 1 aliphatic rings. The Balaban J connectivity index is 1.92. The first-order valence-electron chi connectivity index (χ1n) is 8.82. The second kappa shape index (κ2) is 9.16. The lowest BCUT2D eigenvalue weighted by atomic mass is 9.97. The maximum atomic E-state index is 5.99. The van der Waals surface area contributed by atoms with Gasteiger partial charge in [-0.3, -0.25) is 4.90 Å². The molecule has 1 aromatic carbocycles. The third kappa shape index (κ3) is 5.62. The largest absolute Gasteiger partial charge is 0.493 e. The number of ether oxygens (including phenoxy) is 1. The minimum atomic E-state index is 0.563. The highest BCUT2D eigenvalue weighted by Gasteiger charge is 2.20. The highest BCUT2D eigenvalue weighted by molar-refractivity contribution is 5.33. The van der Waals surface area contributed by atoms with Crippen molar-refractivity contribution in [1.29, 1.82) is 0 Å². The van der Waals surface area contributed by atoms with E-state index in [1.165, 1.54) is 31.5 Å². The van der Waals surface area contributed by atoms with Gasteiger partial charge in [0.05, 0.1) is 6.61 Å². The predicted octanol–water partition coefficient (Wildman–Crippen LogP) is 3.54. The van der Waals surface area contributed by atoms with Crippen molar-refractivity contribution < 1.29 is 4.74 Å². The van der Waals surface area contributed by atoms with Crippen LogP contribution in [0.2, 0.25) is 0 Å². The van der Waals surface area contributed by atoms with Gasteiger partial charge in [-0.1, -0.05) is 39.0 Å². The minimum absolute atomic E-state index is 0.563. The van der Waals surface area contributed by atoms with Crippen LogP contribution in [0.4, 0.5) is 0 Å². The Morgan fingerprint density at radius 1 is 1.32 bits per heavy atom. The molecule has 3 nitrogen and oxygen atoms in total. The summed E-state index contributed by atoms with van der Waals surface area (Å²) in [6.45, 7) is 13.0. The van der Waals surface area contributed by atoms with Crippen molar-refractivity contribution in [3.63, 3.8) is 0 Å². The van der Waals surface area contributed by atoms with Gasteiger partial charge >= 0.3 is 0 Å². The Kier molecular flexibility index (Phi) is 7.20. The zero-order chi connectivity index (χ0) is 15.8. The van der Waals surface area contributed by atoms with Crippen LogP contribution in [0, 0.1) is 11.8 Å². The van der Waals surface area contributed by atoms with Crippen LogP contribution in [0.15, 0.2) is 24.3 Å². The van der Waals surface area contributed by atoms with E-state index in [2.05, 4.69) is 55.3 Å². The topological polar surface area (TPSA) is 24.5 Å². The highest BCUT2D eigenvalue weighted by Crippen LogP contribution is 2.23. The van der Waals surface area contributed by atoms with Gasteiger partial charge in [0.25, 0.3) is 0 Å². The molecule has 1 saturated heterocycles. The number of hydrogen-bond acceptors (Lipinski definition) is 3. The molecule has 0 aromatic heterocycles. The fourth-order valence-corrected chi connectivity index (χ4v) is 3.08. The van der Waals surface area contributed by atoms with Gasteiger partial charge in [-0.15, -0.1) is 0 Å². The lowest BCUT2D eigenvalue weighted by Gasteiger charge is -2.33. The SMILES string of the molecule is CCNCC1CCCN(Cc2ccccc2OCC(C)C)C1. The quantitative estimate of drug-likeness (QED) is 0.795. The van der Waals surface area contributed by atoms with E-state index in [9.17, 15) is 0 Å². The van der Waals surface area contributed by atoms with E-state index in [1.807, 2.05) is 0 Å². The summed E-state index contributed by atoms with van der Waals surface area (Å²) in [4.78, 5) is 2.59. The van der Waals surface area contributed by atoms with E-state index in [-0.39, 0.29) is 0 Å². The van der Waals surface area contributed by atoms with Gasteiger partial charge in [0.15, 0.2) is 0 Å². The molecule has 0 bridgehead atoms. The first-order valence-corrected chi connectivity index (χ1v) is 8.82. The van der Waals surface area contributed by atoms with E-state index < -0.39 is 0 Å². The number of rotatable bonds is 8. The lowest BCUT2D eigenvalue weighted by molar-refractivity contribution is 0.163. The van der Waals surface area contributed by atoms with E-state index in [4.69, 9.17) is 4.74 Å². The van der Waals surface area contributed by atoms with Gasteiger partial charge in [0, 0.05) is 18.7 Å². The number of nitrogens with one attached hydrogen (secondary N) is 1. The Hall–Kier alpha value is -1.06.